The maximum absolute atomic E-state index is 6.26. The number of piperidine rings is 1. The highest BCUT2D eigenvalue weighted by Crippen LogP contribution is 2.34. The fourth-order valence-corrected chi connectivity index (χ4v) is 4.61. The Hall–Kier alpha value is -2.36. The molecule has 4 rings (SSSR count). The van der Waals surface area contributed by atoms with Crippen molar-refractivity contribution in [1.29, 1.82) is 0 Å². The van der Waals surface area contributed by atoms with Crippen molar-refractivity contribution < 1.29 is 0 Å². The lowest BCUT2D eigenvalue weighted by molar-refractivity contribution is 0.182. The van der Waals surface area contributed by atoms with E-state index in [1.165, 1.54) is 16.7 Å². The van der Waals surface area contributed by atoms with E-state index in [2.05, 4.69) is 103 Å². The molecule has 3 aromatic rings. The summed E-state index contributed by atoms with van der Waals surface area (Å²) >= 11 is 0. The van der Waals surface area contributed by atoms with Crippen LogP contribution in [0.2, 0.25) is 0 Å². The van der Waals surface area contributed by atoms with E-state index >= 15 is 0 Å². The van der Waals surface area contributed by atoms with Gasteiger partial charge in [-0.1, -0.05) is 91.0 Å². The molecule has 29 heavy (non-hydrogen) atoms. The first-order valence-electron chi connectivity index (χ1n) is 10.7. The van der Waals surface area contributed by atoms with Gasteiger partial charge in [0, 0.05) is 12.0 Å². The zero-order valence-electron chi connectivity index (χ0n) is 17.1. The molecule has 1 radical (unpaired) electrons. The maximum atomic E-state index is 6.26. The lowest BCUT2D eigenvalue weighted by atomic mass is 9.58. The molecule has 1 saturated heterocycles. The van der Waals surface area contributed by atoms with Crippen LogP contribution < -0.4 is 5.73 Å². The van der Waals surface area contributed by atoms with Gasteiger partial charge in [0.25, 0.3) is 0 Å². The first kappa shape index (κ1) is 19.9. The van der Waals surface area contributed by atoms with Crippen molar-refractivity contribution >= 4 is 7.28 Å². The maximum Gasteiger partial charge on any atom is 0.144 e. The molecule has 0 saturated carbocycles. The Labute approximate surface area is 176 Å². The zero-order valence-corrected chi connectivity index (χ0v) is 17.1. The van der Waals surface area contributed by atoms with Gasteiger partial charge in [-0.15, -0.1) is 0 Å². The predicted octanol–water partition coefficient (Wildman–Crippen LogP) is 4.43. The van der Waals surface area contributed by atoms with Gasteiger partial charge in [0.1, 0.15) is 7.28 Å². The molecule has 1 aliphatic heterocycles. The topological polar surface area (TPSA) is 29.3 Å². The number of hydrogen-bond acceptors (Lipinski definition) is 2. The van der Waals surface area contributed by atoms with Crippen LogP contribution in [0, 0.1) is 0 Å². The molecule has 3 heteroatoms. The Morgan fingerprint density at radius 2 is 1.24 bits per heavy atom. The molecular formula is C26H30BN2. The van der Waals surface area contributed by atoms with Gasteiger partial charge in [-0.05, 0) is 54.9 Å². The molecular weight excluding hydrogens is 351 g/mol. The molecule has 0 unspecified atom stereocenters. The molecule has 2 N–H and O–H groups in total. The van der Waals surface area contributed by atoms with Crippen LogP contribution in [-0.2, 0) is 5.41 Å². The normalized spacial score (nSPS) is 16.6. The van der Waals surface area contributed by atoms with E-state index in [1.54, 1.807) is 0 Å². The van der Waals surface area contributed by atoms with E-state index in [1.807, 2.05) is 0 Å². The van der Waals surface area contributed by atoms with Crippen molar-refractivity contribution in [2.75, 3.05) is 26.1 Å². The number of hydrogen-bond donors (Lipinski definition) is 1. The fraction of sp³-hybridized carbons (Fsp3) is 0.308. The number of nitrogens with two attached hydrogens (primary N) is 1. The second-order valence-electron chi connectivity index (χ2n) is 8.19. The molecule has 1 heterocycles. The van der Waals surface area contributed by atoms with Gasteiger partial charge in [-0.25, -0.2) is 0 Å². The van der Waals surface area contributed by atoms with Crippen molar-refractivity contribution in [3.8, 4) is 0 Å². The number of likely N-dealkylation sites (tertiary alicyclic amines) is 1. The average Bonchev–Trinajstić information content (AvgIpc) is 2.82. The van der Waals surface area contributed by atoms with Crippen LogP contribution in [0.4, 0.5) is 0 Å². The summed E-state index contributed by atoms with van der Waals surface area (Å²) in [5, 5.41) is 0. The standard InChI is InChI=1S/C26H30BN2/c28-20-26(24-14-8-3-9-15-24)16-18-29(19-17-26)21-27-25(22-10-4-1-5-11-22)23-12-6-2-7-13-23/h1-15,25H,16-21,28H2. The first-order valence-corrected chi connectivity index (χ1v) is 10.7. The molecule has 0 amide bonds. The van der Waals surface area contributed by atoms with Gasteiger partial charge >= 0.3 is 0 Å². The summed E-state index contributed by atoms with van der Waals surface area (Å²) in [5.41, 5.74) is 10.5. The third kappa shape index (κ3) is 4.63. The largest absolute Gasteiger partial charge is 0.330 e. The van der Waals surface area contributed by atoms with E-state index in [0.717, 1.165) is 38.9 Å². The number of benzene rings is 3. The lowest BCUT2D eigenvalue weighted by Crippen LogP contribution is -2.48. The summed E-state index contributed by atoms with van der Waals surface area (Å²) in [7, 11) is 2.47. The highest BCUT2D eigenvalue weighted by atomic mass is 15.1. The van der Waals surface area contributed by atoms with Gasteiger partial charge in [-0.2, -0.15) is 0 Å². The van der Waals surface area contributed by atoms with Crippen molar-refractivity contribution in [3.63, 3.8) is 0 Å². The van der Waals surface area contributed by atoms with Gasteiger partial charge < -0.3 is 10.6 Å². The minimum Gasteiger partial charge on any atom is -0.330 e. The molecule has 147 valence electrons. The van der Waals surface area contributed by atoms with Gasteiger partial charge in [-0.3, -0.25) is 0 Å². The molecule has 3 aromatic carbocycles. The summed E-state index contributed by atoms with van der Waals surface area (Å²) in [6, 6.07) is 32.5. The van der Waals surface area contributed by atoms with Gasteiger partial charge in [0.05, 0.1) is 0 Å². The van der Waals surface area contributed by atoms with Crippen molar-refractivity contribution in [2.45, 2.75) is 24.1 Å². The minimum absolute atomic E-state index is 0.135. The monoisotopic (exact) mass is 381 g/mol. The molecule has 1 aliphatic rings. The average molecular weight is 381 g/mol. The Bertz CT molecular complexity index is 819. The van der Waals surface area contributed by atoms with Gasteiger partial charge in [0.15, 0.2) is 0 Å². The highest BCUT2D eigenvalue weighted by molar-refractivity contribution is 6.39. The fourth-order valence-electron chi connectivity index (χ4n) is 4.61. The first-order chi connectivity index (χ1) is 14.3. The molecule has 0 bridgehead atoms. The molecule has 0 aliphatic carbocycles. The Morgan fingerprint density at radius 1 is 0.759 bits per heavy atom. The smallest absolute Gasteiger partial charge is 0.144 e. The third-order valence-electron chi connectivity index (χ3n) is 6.51. The van der Waals surface area contributed by atoms with E-state index in [0.29, 0.717) is 5.82 Å². The Kier molecular flexibility index (Phi) is 6.48. The van der Waals surface area contributed by atoms with Gasteiger partial charge in [0.2, 0.25) is 0 Å². The minimum atomic E-state index is 0.135. The number of nitrogens with zero attached hydrogens (tertiary/aromatic N) is 1. The van der Waals surface area contributed by atoms with Crippen LogP contribution in [0.5, 0.6) is 0 Å². The predicted molar refractivity (Wildman–Crippen MR) is 123 cm³/mol. The van der Waals surface area contributed by atoms with E-state index in [4.69, 9.17) is 5.73 Å². The van der Waals surface area contributed by atoms with Crippen LogP contribution in [0.25, 0.3) is 0 Å². The summed E-state index contributed by atoms with van der Waals surface area (Å²) in [4.78, 5) is 2.58. The van der Waals surface area contributed by atoms with E-state index in [9.17, 15) is 0 Å². The SMILES string of the molecule is NCC1(c2ccccc2)CCN(C[B]C(c2ccccc2)c2ccccc2)CC1. The zero-order chi connectivity index (χ0) is 19.9. The second-order valence-corrected chi connectivity index (χ2v) is 8.19. The van der Waals surface area contributed by atoms with Crippen molar-refractivity contribution in [1.82, 2.24) is 4.90 Å². The summed E-state index contributed by atoms with van der Waals surface area (Å²) in [5.74, 6) is 0.327. The second kappa shape index (κ2) is 9.43. The summed E-state index contributed by atoms with van der Waals surface area (Å²) in [6.07, 6.45) is 3.26. The van der Waals surface area contributed by atoms with E-state index in [-0.39, 0.29) is 5.41 Å². The molecule has 0 aromatic heterocycles. The highest BCUT2D eigenvalue weighted by Gasteiger charge is 2.35. The third-order valence-corrected chi connectivity index (χ3v) is 6.51. The molecule has 0 spiro atoms. The quantitative estimate of drug-likeness (QED) is 0.614. The summed E-state index contributed by atoms with van der Waals surface area (Å²) < 4.78 is 0. The van der Waals surface area contributed by atoms with Crippen molar-refractivity contribution in [3.05, 3.63) is 108 Å². The van der Waals surface area contributed by atoms with Crippen LogP contribution >= 0.6 is 0 Å². The lowest BCUT2D eigenvalue weighted by Gasteiger charge is -2.42. The molecule has 2 nitrogen and oxygen atoms in total. The number of rotatable bonds is 7. The Morgan fingerprint density at radius 3 is 1.72 bits per heavy atom. The van der Waals surface area contributed by atoms with Crippen LogP contribution in [-0.4, -0.2) is 38.3 Å². The van der Waals surface area contributed by atoms with Crippen LogP contribution in [0.3, 0.4) is 0 Å². The van der Waals surface area contributed by atoms with Crippen molar-refractivity contribution in [2.24, 2.45) is 5.73 Å². The summed E-state index contributed by atoms with van der Waals surface area (Å²) in [6.45, 7) is 2.92. The Balaban J connectivity index is 1.42. The molecule has 0 atom stereocenters. The van der Waals surface area contributed by atoms with E-state index < -0.39 is 0 Å². The molecule has 1 fully saturated rings. The van der Waals surface area contributed by atoms with Crippen LogP contribution in [0.15, 0.2) is 91.0 Å². The van der Waals surface area contributed by atoms with Crippen LogP contribution in [0.1, 0.15) is 35.3 Å².